The Hall–Kier alpha value is -0.810. The normalized spacial score (nSPS) is 10.4. The molecule has 0 aliphatic heterocycles. The molecule has 0 aliphatic rings. The van der Waals surface area contributed by atoms with Gasteiger partial charge in [0.1, 0.15) is 5.69 Å². The summed E-state index contributed by atoms with van der Waals surface area (Å²) in [6.45, 7) is 0.198. The van der Waals surface area contributed by atoms with Crippen LogP contribution in [0.1, 0.15) is 23.4 Å². The number of alkyl halides is 2. The van der Waals surface area contributed by atoms with Crippen LogP contribution in [0, 0.1) is 14.9 Å². The average Bonchev–Trinajstić information content (AvgIpc) is 2.20. The lowest BCUT2D eigenvalue weighted by Crippen LogP contribution is -2.08. The van der Waals surface area contributed by atoms with Crippen LogP contribution in [0.5, 0.6) is 0 Å². The summed E-state index contributed by atoms with van der Waals surface area (Å²) in [5.74, 6) is 0. The van der Waals surface area contributed by atoms with Gasteiger partial charge in [-0.25, -0.2) is 13.8 Å². The summed E-state index contributed by atoms with van der Waals surface area (Å²) in [5, 5.41) is 8.52. The Morgan fingerprint density at radius 2 is 2.27 bits per heavy atom. The number of nitrogens with zero attached hydrogens (tertiary/aromatic N) is 2. The van der Waals surface area contributed by atoms with Gasteiger partial charge in [0.05, 0.1) is 18.2 Å². The first-order valence-electron chi connectivity index (χ1n) is 4.13. The lowest BCUT2D eigenvalue weighted by Gasteiger charge is -2.08. The summed E-state index contributed by atoms with van der Waals surface area (Å²) in [7, 11) is 0. The van der Waals surface area contributed by atoms with Crippen molar-refractivity contribution in [1.82, 2.24) is 4.98 Å². The van der Waals surface area contributed by atoms with Crippen LogP contribution < -0.4 is 5.73 Å². The summed E-state index contributed by atoms with van der Waals surface area (Å²) >= 11 is 1.79. The molecule has 0 amide bonds. The highest BCUT2D eigenvalue weighted by Gasteiger charge is 2.16. The Labute approximate surface area is 99.4 Å². The molecule has 0 spiro atoms. The zero-order chi connectivity index (χ0) is 11.4. The summed E-state index contributed by atoms with van der Waals surface area (Å²) < 4.78 is 25.4. The van der Waals surface area contributed by atoms with E-state index in [4.69, 9.17) is 11.0 Å². The van der Waals surface area contributed by atoms with Crippen LogP contribution >= 0.6 is 22.6 Å². The topological polar surface area (TPSA) is 62.7 Å². The van der Waals surface area contributed by atoms with Gasteiger partial charge < -0.3 is 5.73 Å². The SMILES string of the molecule is N#CCc1nc(C(F)F)c(I)cc1CN. The maximum Gasteiger partial charge on any atom is 0.281 e. The summed E-state index contributed by atoms with van der Waals surface area (Å²) in [6, 6.07) is 3.44. The van der Waals surface area contributed by atoms with Crippen LogP contribution in [0.3, 0.4) is 0 Å². The minimum atomic E-state index is -2.62. The minimum Gasteiger partial charge on any atom is -0.326 e. The third-order valence-corrected chi connectivity index (χ3v) is 2.71. The molecule has 0 aliphatic carbocycles. The summed E-state index contributed by atoms with van der Waals surface area (Å²) in [6.07, 6.45) is -2.62. The maximum absolute atomic E-state index is 12.5. The first kappa shape index (κ1) is 12.3. The fourth-order valence-corrected chi connectivity index (χ4v) is 1.87. The van der Waals surface area contributed by atoms with Crippen molar-refractivity contribution in [3.05, 3.63) is 26.6 Å². The zero-order valence-electron chi connectivity index (χ0n) is 7.67. The molecular weight excluding hydrogens is 315 g/mol. The average molecular weight is 323 g/mol. The van der Waals surface area contributed by atoms with Gasteiger partial charge in [0, 0.05) is 10.1 Å². The van der Waals surface area contributed by atoms with E-state index in [2.05, 4.69) is 4.98 Å². The van der Waals surface area contributed by atoms with E-state index < -0.39 is 6.43 Å². The molecule has 1 aromatic rings. The molecule has 0 unspecified atom stereocenters. The third-order valence-electron chi connectivity index (χ3n) is 1.84. The van der Waals surface area contributed by atoms with Crippen LogP contribution in [0.25, 0.3) is 0 Å². The molecule has 1 aromatic heterocycles. The summed E-state index contributed by atoms with van der Waals surface area (Å²) in [4.78, 5) is 3.77. The van der Waals surface area contributed by atoms with Crippen LogP contribution in [-0.2, 0) is 13.0 Å². The molecule has 3 nitrogen and oxygen atoms in total. The highest BCUT2D eigenvalue weighted by atomic mass is 127. The molecule has 1 heterocycles. The van der Waals surface area contributed by atoms with Crippen LogP contribution in [-0.4, -0.2) is 4.98 Å². The first-order valence-corrected chi connectivity index (χ1v) is 5.21. The van der Waals surface area contributed by atoms with Crippen LogP contribution in [0.2, 0.25) is 0 Å². The fraction of sp³-hybridized carbons (Fsp3) is 0.333. The molecule has 15 heavy (non-hydrogen) atoms. The highest BCUT2D eigenvalue weighted by molar-refractivity contribution is 14.1. The largest absolute Gasteiger partial charge is 0.326 e. The van der Waals surface area contributed by atoms with E-state index in [1.165, 1.54) is 0 Å². The number of aromatic nitrogens is 1. The fourth-order valence-electron chi connectivity index (χ4n) is 1.14. The Kier molecular flexibility index (Phi) is 4.35. The van der Waals surface area contributed by atoms with Gasteiger partial charge in [0.25, 0.3) is 6.43 Å². The molecule has 0 atom stereocenters. The number of nitriles is 1. The molecule has 0 aromatic carbocycles. The smallest absolute Gasteiger partial charge is 0.281 e. The van der Waals surface area contributed by atoms with Crippen molar-refractivity contribution >= 4 is 22.6 Å². The lowest BCUT2D eigenvalue weighted by molar-refractivity contribution is 0.144. The number of nitrogens with two attached hydrogens (primary N) is 1. The Morgan fingerprint density at radius 1 is 1.60 bits per heavy atom. The van der Waals surface area contributed by atoms with Crippen molar-refractivity contribution in [3.63, 3.8) is 0 Å². The van der Waals surface area contributed by atoms with Crippen molar-refractivity contribution < 1.29 is 8.78 Å². The molecule has 0 fully saturated rings. The zero-order valence-corrected chi connectivity index (χ0v) is 9.83. The number of halogens is 3. The van der Waals surface area contributed by atoms with Crippen molar-refractivity contribution in [2.45, 2.75) is 19.4 Å². The van der Waals surface area contributed by atoms with Gasteiger partial charge in [-0.15, -0.1) is 0 Å². The predicted octanol–water partition coefficient (Wildman–Crippen LogP) is 2.15. The quantitative estimate of drug-likeness (QED) is 0.867. The molecule has 0 saturated heterocycles. The van der Waals surface area contributed by atoms with Crippen molar-refractivity contribution in [2.75, 3.05) is 0 Å². The first-order chi connectivity index (χ1) is 7.10. The Bertz CT molecular complexity index is 401. The van der Waals surface area contributed by atoms with E-state index in [-0.39, 0.29) is 18.7 Å². The predicted molar refractivity (Wildman–Crippen MR) is 59.1 cm³/mol. The van der Waals surface area contributed by atoms with E-state index >= 15 is 0 Å². The van der Waals surface area contributed by atoms with Crippen molar-refractivity contribution in [1.29, 1.82) is 5.26 Å². The lowest BCUT2D eigenvalue weighted by atomic mass is 10.1. The van der Waals surface area contributed by atoms with E-state index in [1.807, 2.05) is 6.07 Å². The van der Waals surface area contributed by atoms with Gasteiger partial charge >= 0.3 is 0 Å². The second-order valence-corrected chi connectivity index (χ2v) is 3.96. The maximum atomic E-state index is 12.5. The van der Waals surface area contributed by atoms with Crippen LogP contribution in [0.4, 0.5) is 8.78 Å². The van der Waals surface area contributed by atoms with Gasteiger partial charge in [-0.3, -0.25) is 0 Å². The molecule has 1 rings (SSSR count). The van der Waals surface area contributed by atoms with Gasteiger partial charge in [-0.05, 0) is 34.2 Å². The monoisotopic (exact) mass is 323 g/mol. The van der Waals surface area contributed by atoms with E-state index in [0.717, 1.165) is 0 Å². The number of hydrogen-bond donors (Lipinski definition) is 1. The van der Waals surface area contributed by atoms with Gasteiger partial charge in [0.15, 0.2) is 0 Å². The number of rotatable bonds is 3. The molecule has 80 valence electrons. The standard InChI is InChI=1S/C9H8F2IN3/c10-9(11)8-6(12)3-5(4-14)7(15-8)1-2-13/h3,9H,1,4,14H2. The molecule has 0 bridgehead atoms. The molecule has 0 radical (unpaired) electrons. The molecule has 6 heteroatoms. The van der Waals surface area contributed by atoms with Crippen LogP contribution in [0.15, 0.2) is 6.07 Å². The minimum absolute atomic E-state index is 0.00315. The highest BCUT2D eigenvalue weighted by Crippen LogP contribution is 2.24. The van der Waals surface area contributed by atoms with Gasteiger partial charge in [-0.2, -0.15) is 5.26 Å². The second kappa shape index (κ2) is 5.32. The Balaban J connectivity index is 3.25. The molecule has 2 N–H and O–H groups in total. The van der Waals surface area contributed by atoms with E-state index in [1.54, 1.807) is 28.7 Å². The molecular formula is C9H8F2IN3. The van der Waals surface area contributed by atoms with E-state index in [9.17, 15) is 8.78 Å². The van der Waals surface area contributed by atoms with Crippen molar-refractivity contribution in [2.24, 2.45) is 5.73 Å². The van der Waals surface area contributed by atoms with Gasteiger partial charge in [-0.1, -0.05) is 0 Å². The van der Waals surface area contributed by atoms with E-state index in [0.29, 0.717) is 14.8 Å². The summed E-state index contributed by atoms with van der Waals surface area (Å²) in [5.41, 5.74) is 6.14. The molecule has 0 saturated carbocycles. The Morgan fingerprint density at radius 3 is 2.73 bits per heavy atom. The number of pyridine rings is 1. The van der Waals surface area contributed by atoms with Crippen molar-refractivity contribution in [3.8, 4) is 6.07 Å². The second-order valence-electron chi connectivity index (χ2n) is 2.80. The number of hydrogen-bond acceptors (Lipinski definition) is 3. The third kappa shape index (κ3) is 2.82. The van der Waals surface area contributed by atoms with Gasteiger partial charge in [0.2, 0.25) is 0 Å².